The summed E-state index contributed by atoms with van der Waals surface area (Å²) in [5.74, 6) is 1.10. The Bertz CT molecular complexity index is 980. The van der Waals surface area contributed by atoms with Gasteiger partial charge in [-0.05, 0) is 74.5 Å². The quantitative estimate of drug-likeness (QED) is 0.444. The van der Waals surface area contributed by atoms with Crippen LogP contribution in [0.25, 0.3) is 0 Å². The predicted molar refractivity (Wildman–Crippen MR) is 127 cm³/mol. The summed E-state index contributed by atoms with van der Waals surface area (Å²) < 4.78 is 16.8. The molecule has 1 heterocycles. The number of rotatable bonds is 4. The van der Waals surface area contributed by atoms with Crippen molar-refractivity contribution in [3.05, 3.63) is 33.9 Å². The Labute approximate surface area is 201 Å². The van der Waals surface area contributed by atoms with Crippen molar-refractivity contribution in [1.29, 1.82) is 0 Å². The van der Waals surface area contributed by atoms with Crippen LogP contribution in [0.5, 0.6) is 11.5 Å². The molecule has 1 aromatic rings. The standard InChI is InChI=1S/C27H38O7/c1-12(2)9-17-10-14(4)18-8-7-13(3)20-22(18)21(17)15(5)25(23(20)30)34-27-24(31)26(33-16(6)28)19(29)11-32-27/h9,13-14,17-19,24,26-27,29-31H,7-8,10-11H2,1-6H3/t13-,14-,17-,18?,19-,24-,26+,27+/m0/s1. The van der Waals surface area contributed by atoms with Gasteiger partial charge in [-0.2, -0.15) is 0 Å². The number of ether oxygens (including phenoxy) is 3. The van der Waals surface area contributed by atoms with Crippen LogP contribution in [0.1, 0.15) is 93.9 Å². The molecule has 1 unspecified atom stereocenters. The smallest absolute Gasteiger partial charge is 0.303 e. The summed E-state index contributed by atoms with van der Waals surface area (Å²) in [6, 6.07) is 0. The Morgan fingerprint density at radius 3 is 2.44 bits per heavy atom. The van der Waals surface area contributed by atoms with E-state index < -0.39 is 30.6 Å². The first kappa shape index (κ1) is 25.0. The van der Waals surface area contributed by atoms with E-state index in [4.69, 9.17) is 14.2 Å². The second-order valence-electron chi connectivity index (χ2n) is 10.6. The summed E-state index contributed by atoms with van der Waals surface area (Å²) in [5, 5.41) is 32.4. The highest BCUT2D eigenvalue weighted by Crippen LogP contribution is 2.58. The molecule has 34 heavy (non-hydrogen) atoms. The average molecular weight is 475 g/mol. The van der Waals surface area contributed by atoms with Gasteiger partial charge in [0, 0.05) is 18.4 Å². The molecule has 0 bridgehead atoms. The van der Waals surface area contributed by atoms with Gasteiger partial charge in [0.05, 0.1) is 6.61 Å². The molecule has 2 aliphatic carbocycles. The Hall–Kier alpha value is -2.09. The summed E-state index contributed by atoms with van der Waals surface area (Å²) in [5.41, 5.74) is 5.50. The van der Waals surface area contributed by atoms with Crippen LogP contribution in [-0.4, -0.2) is 52.5 Å². The first-order chi connectivity index (χ1) is 16.0. The highest BCUT2D eigenvalue weighted by molar-refractivity contribution is 5.66. The molecule has 0 spiro atoms. The van der Waals surface area contributed by atoms with Crippen LogP contribution in [0.3, 0.4) is 0 Å². The normalized spacial score (nSPS) is 34.7. The van der Waals surface area contributed by atoms with Crippen LogP contribution in [0.2, 0.25) is 0 Å². The summed E-state index contributed by atoms with van der Waals surface area (Å²) in [7, 11) is 0. The lowest BCUT2D eigenvalue weighted by molar-refractivity contribution is -0.249. The van der Waals surface area contributed by atoms with Crippen LogP contribution in [0.4, 0.5) is 0 Å². The van der Waals surface area contributed by atoms with Gasteiger partial charge in [0.25, 0.3) is 0 Å². The SMILES string of the molecule is CC(=O)O[C@H]1[C@H](O)[C@@H](Oc2c(C)c3c4c(c2O)[C@@H](C)CCC4[C@@H](C)C[C@@H]3C=C(C)C)OC[C@@H]1O. The molecule has 1 saturated heterocycles. The number of carbonyl (C=O) groups is 1. The van der Waals surface area contributed by atoms with E-state index in [-0.39, 0.29) is 24.2 Å². The molecular formula is C27H38O7. The summed E-state index contributed by atoms with van der Waals surface area (Å²) >= 11 is 0. The molecule has 7 nitrogen and oxygen atoms in total. The summed E-state index contributed by atoms with van der Waals surface area (Å²) in [6.45, 7) is 11.7. The van der Waals surface area contributed by atoms with Gasteiger partial charge in [-0.1, -0.05) is 25.5 Å². The first-order valence-corrected chi connectivity index (χ1v) is 12.4. The molecular weight excluding hydrogens is 436 g/mol. The van der Waals surface area contributed by atoms with Gasteiger partial charge in [0.1, 0.15) is 6.10 Å². The van der Waals surface area contributed by atoms with E-state index in [0.29, 0.717) is 17.6 Å². The topological polar surface area (TPSA) is 105 Å². The monoisotopic (exact) mass is 474 g/mol. The Morgan fingerprint density at radius 1 is 1.09 bits per heavy atom. The van der Waals surface area contributed by atoms with Crippen molar-refractivity contribution in [1.82, 2.24) is 0 Å². The van der Waals surface area contributed by atoms with Gasteiger partial charge in [-0.3, -0.25) is 4.79 Å². The predicted octanol–water partition coefficient (Wildman–Crippen LogP) is 4.16. The van der Waals surface area contributed by atoms with Crippen molar-refractivity contribution in [2.75, 3.05) is 6.61 Å². The molecule has 0 aromatic heterocycles. The van der Waals surface area contributed by atoms with E-state index >= 15 is 0 Å². The molecule has 8 atom stereocenters. The zero-order chi connectivity index (χ0) is 24.9. The van der Waals surface area contributed by atoms with Crippen LogP contribution < -0.4 is 4.74 Å². The number of aliphatic hydroxyl groups is 2. The fourth-order valence-electron chi connectivity index (χ4n) is 6.27. The van der Waals surface area contributed by atoms with Gasteiger partial charge < -0.3 is 29.5 Å². The second-order valence-corrected chi connectivity index (χ2v) is 10.6. The number of hydrogen-bond acceptors (Lipinski definition) is 7. The maximum Gasteiger partial charge on any atom is 0.303 e. The molecule has 3 N–H and O–H groups in total. The lowest BCUT2D eigenvalue weighted by Gasteiger charge is -2.44. The number of esters is 1. The van der Waals surface area contributed by atoms with Gasteiger partial charge in [0.15, 0.2) is 23.7 Å². The van der Waals surface area contributed by atoms with Crippen LogP contribution in [0, 0.1) is 12.8 Å². The number of hydrogen-bond donors (Lipinski definition) is 3. The molecule has 1 aliphatic heterocycles. The number of phenols is 1. The maximum atomic E-state index is 11.5. The molecule has 0 radical (unpaired) electrons. The fourth-order valence-corrected chi connectivity index (χ4v) is 6.27. The fraction of sp³-hybridized carbons (Fsp3) is 0.667. The van der Waals surface area contributed by atoms with Gasteiger partial charge >= 0.3 is 5.97 Å². The number of aromatic hydroxyl groups is 1. The summed E-state index contributed by atoms with van der Waals surface area (Å²) in [4.78, 5) is 11.5. The molecule has 188 valence electrons. The highest BCUT2D eigenvalue weighted by atomic mass is 16.7. The molecule has 3 aliphatic rings. The maximum absolute atomic E-state index is 11.5. The third-order valence-corrected chi connectivity index (χ3v) is 7.75. The average Bonchev–Trinajstić information content (AvgIpc) is 2.74. The summed E-state index contributed by atoms with van der Waals surface area (Å²) in [6.07, 6.45) is 0.502. The van der Waals surface area contributed by atoms with Crippen molar-refractivity contribution in [2.45, 2.75) is 103 Å². The van der Waals surface area contributed by atoms with Crippen molar-refractivity contribution >= 4 is 5.97 Å². The highest BCUT2D eigenvalue weighted by Gasteiger charge is 2.45. The molecule has 1 fully saturated rings. The van der Waals surface area contributed by atoms with Crippen molar-refractivity contribution < 1.29 is 34.3 Å². The third-order valence-electron chi connectivity index (χ3n) is 7.75. The molecule has 0 amide bonds. The molecule has 7 heteroatoms. The Morgan fingerprint density at radius 2 is 1.79 bits per heavy atom. The lowest BCUT2D eigenvalue weighted by Crippen LogP contribution is -2.56. The van der Waals surface area contributed by atoms with E-state index in [1.807, 2.05) is 6.92 Å². The van der Waals surface area contributed by atoms with Crippen molar-refractivity contribution in [3.63, 3.8) is 0 Å². The zero-order valence-corrected chi connectivity index (χ0v) is 21.0. The van der Waals surface area contributed by atoms with E-state index in [0.717, 1.165) is 30.4 Å². The van der Waals surface area contributed by atoms with E-state index in [9.17, 15) is 20.1 Å². The zero-order valence-electron chi connectivity index (χ0n) is 21.0. The number of phenolic OH excluding ortho intramolecular Hbond substituents is 1. The third kappa shape index (κ3) is 4.34. The Balaban J connectivity index is 1.80. The van der Waals surface area contributed by atoms with Gasteiger partial charge in [-0.15, -0.1) is 0 Å². The first-order valence-electron chi connectivity index (χ1n) is 12.4. The van der Waals surface area contributed by atoms with Crippen LogP contribution >= 0.6 is 0 Å². The molecule has 1 aromatic carbocycles. The number of allylic oxidation sites excluding steroid dienone is 2. The van der Waals surface area contributed by atoms with Gasteiger partial charge in [-0.25, -0.2) is 0 Å². The minimum absolute atomic E-state index is 0.101. The minimum atomic E-state index is -1.40. The van der Waals surface area contributed by atoms with Crippen LogP contribution in [0.15, 0.2) is 11.6 Å². The largest absolute Gasteiger partial charge is 0.504 e. The van der Waals surface area contributed by atoms with E-state index in [1.54, 1.807) is 0 Å². The molecule has 0 saturated carbocycles. The number of aliphatic hydroxyl groups excluding tert-OH is 2. The number of benzene rings is 1. The van der Waals surface area contributed by atoms with Crippen molar-refractivity contribution in [3.8, 4) is 11.5 Å². The van der Waals surface area contributed by atoms with Gasteiger partial charge in [0.2, 0.25) is 6.29 Å². The lowest BCUT2D eigenvalue weighted by atomic mass is 9.62. The van der Waals surface area contributed by atoms with E-state index in [1.165, 1.54) is 23.6 Å². The number of carbonyl (C=O) groups excluding carboxylic acids is 1. The Kier molecular flexibility index (Phi) is 7.00. The molecule has 4 rings (SSSR count). The minimum Gasteiger partial charge on any atom is -0.504 e. The van der Waals surface area contributed by atoms with E-state index in [2.05, 4.69) is 33.8 Å². The van der Waals surface area contributed by atoms with Crippen LogP contribution in [-0.2, 0) is 14.3 Å². The second kappa shape index (κ2) is 9.51. The van der Waals surface area contributed by atoms with Crippen molar-refractivity contribution in [2.24, 2.45) is 5.92 Å².